The van der Waals surface area contributed by atoms with Gasteiger partial charge in [0.2, 0.25) is 5.91 Å². The lowest BCUT2D eigenvalue weighted by Gasteiger charge is -2.36. The quantitative estimate of drug-likeness (QED) is 0.608. The normalized spacial score (nSPS) is 15.9. The maximum atomic E-state index is 12.9. The van der Waals surface area contributed by atoms with Crippen molar-refractivity contribution in [1.82, 2.24) is 20.4 Å². The number of carboxylic acid groups (broad SMARTS) is 1. The number of hydrogen-bond donors (Lipinski definition) is 3. The van der Waals surface area contributed by atoms with Gasteiger partial charge in [-0.2, -0.15) is 10.4 Å². The van der Waals surface area contributed by atoms with Gasteiger partial charge in [0.25, 0.3) is 5.56 Å². The molecule has 32 heavy (non-hydrogen) atoms. The molecule has 9 heteroatoms. The highest BCUT2D eigenvalue weighted by atomic mass is 16.4. The van der Waals surface area contributed by atoms with Crippen molar-refractivity contribution in [3.63, 3.8) is 0 Å². The summed E-state index contributed by atoms with van der Waals surface area (Å²) in [5.74, 6) is -0.450. The van der Waals surface area contributed by atoms with Crippen LogP contribution in [0.5, 0.6) is 0 Å². The minimum absolute atomic E-state index is 0.159. The van der Waals surface area contributed by atoms with Gasteiger partial charge in [0, 0.05) is 24.6 Å². The van der Waals surface area contributed by atoms with E-state index < -0.39 is 23.6 Å². The number of hydrogen-bond acceptors (Lipinski definition) is 5. The van der Waals surface area contributed by atoms with Crippen molar-refractivity contribution in [3.8, 4) is 17.3 Å². The van der Waals surface area contributed by atoms with Gasteiger partial charge >= 0.3 is 6.09 Å². The van der Waals surface area contributed by atoms with E-state index in [0.29, 0.717) is 25.1 Å². The van der Waals surface area contributed by atoms with Crippen LogP contribution < -0.4 is 16.2 Å². The fraction of sp³-hybridized carbons (Fsp3) is 0.435. The molecular formula is C23H27N5O4. The molecule has 9 nitrogen and oxygen atoms in total. The van der Waals surface area contributed by atoms with Crippen molar-refractivity contribution < 1.29 is 14.7 Å². The summed E-state index contributed by atoms with van der Waals surface area (Å²) in [4.78, 5) is 35.9. The number of rotatable bonds is 7. The number of amides is 2. The molecule has 2 amide bonds. The number of benzene rings is 1. The first-order chi connectivity index (χ1) is 15.4. The summed E-state index contributed by atoms with van der Waals surface area (Å²) < 4.78 is 1.39. The van der Waals surface area contributed by atoms with Gasteiger partial charge in [0.1, 0.15) is 11.6 Å². The van der Waals surface area contributed by atoms with Crippen LogP contribution >= 0.6 is 0 Å². The Morgan fingerprint density at radius 1 is 1.19 bits per heavy atom. The smallest absolute Gasteiger partial charge is 0.405 e. The largest absolute Gasteiger partial charge is 0.465 e. The third-order valence-corrected chi connectivity index (χ3v) is 5.80. The van der Waals surface area contributed by atoms with Crippen molar-refractivity contribution in [2.45, 2.75) is 63.6 Å². The fourth-order valence-corrected chi connectivity index (χ4v) is 4.07. The molecule has 168 valence electrons. The Bertz CT molecular complexity index is 1070. The molecule has 1 aromatic carbocycles. The van der Waals surface area contributed by atoms with E-state index >= 15 is 0 Å². The fourth-order valence-electron chi connectivity index (χ4n) is 4.07. The highest BCUT2D eigenvalue weighted by Crippen LogP contribution is 2.29. The van der Waals surface area contributed by atoms with E-state index in [-0.39, 0.29) is 12.0 Å². The Hall–Kier alpha value is -3.67. The Morgan fingerprint density at radius 2 is 1.88 bits per heavy atom. The lowest BCUT2D eigenvalue weighted by Crippen LogP contribution is -2.61. The Morgan fingerprint density at radius 3 is 2.47 bits per heavy atom. The van der Waals surface area contributed by atoms with E-state index in [2.05, 4.69) is 21.8 Å². The Kier molecular flexibility index (Phi) is 7.25. The molecule has 0 spiro atoms. The summed E-state index contributed by atoms with van der Waals surface area (Å²) >= 11 is 0. The number of nitrogens with one attached hydrogen (secondary N) is 2. The number of carbonyl (C=O) groups is 2. The predicted molar refractivity (Wildman–Crippen MR) is 118 cm³/mol. The van der Waals surface area contributed by atoms with Crippen molar-refractivity contribution in [3.05, 3.63) is 52.3 Å². The maximum absolute atomic E-state index is 12.9. The van der Waals surface area contributed by atoms with Crippen molar-refractivity contribution in [2.24, 2.45) is 0 Å². The molecule has 2 aromatic rings. The van der Waals surface area contributed by atoms with Gasteiger partial charge in [-0.1, -0.05) is 43.5 Å². The lowest BCUT2D eigenvalue weighted by molar-refractivity contribution is -0.129. The van der Waals surface area contributed by atoms with Crippen LogP contribution in [-0.4, -0.2) is 38.5 Å². The summed E-state index contributed by atoms with van der Waals surface area (Å²) in [7, 11) is 0. The van der Waals surface area contributed by atoms with Gasteiger partial charge in [0.15, 0.2) is 0 Å². The first-order valence-electron chi connectivity index (χ1n) is 10.8. The van der Waals surface area contributed by atoms with Gasteiger partial charge in [-0.05, 0) is 31.4 Å². The highest BCUT2D eigenvalue weighted by Gasteiger charge is 2.41. The standard InChI is InChI=1S/C23H27N5O4/c1-2-28-20(29)11-10-19(27-28)17-8-6-16(7-9-17)14-18(15-24)25-21(30)23(26-22(31)32)12-4-3-5-13-23/h6-11,18,26H,2-5,12-14H2,1H3,(H,25,30)(H,31,32). The lowest BCUT2D eigenvalue weighted by atomic mass is 9.80. The van der Waals surface area contributed by atoms with Gasteiger partial charge < -0.3 is 15.7 Å². The third kappa shape index (κ3) is 5.32. The van der Waals surface area contributed by atoms with E-state index in [0.717, 1.165) is 30.4 Å². The molecule has 1 aliphatic carbocycles. The number of nitrogens with zero attached hydrogens (tertiary/aromatic N) is 3. The summed E-state index contributed by atoms with van der Waals surface area (Å²) in [5.41, 5.74) is 1.00. The molecule has 0 saturated heterocycles. The van der Waals surface area contributed by atoms with E-state index in [4.69, 9.17) is 0 Å². The second-order valence-corrected chi connectivity index (χ2v) is 8.00. The molecule has 3 N–H and O–H groups in total. The second kappa shape index (κ2) is 10.1. The number of nitriles is 1. The minimum Gasteiger partial charge on any atom is -0.465 e. The molecule has 1 atom stereocenters. The zero-order chi connectivity index (χ0) is 23.1. The molecule has 1 unspecified atom stereocenters. The van der Waals surface area contributed by atoms with Crippen LogP contribution in [0.1, 0.15) is 44.6 Å². The minimum atomic E-state index is -1.24. The predicted octanol–water partition coefficient (Wildman–Crippen LogP) is 2.45. The summed E-state index contributed by atoms with van der Waals surface area (Å²) in [6.07, 6.45) is 2.35. The molecule has 1 fully saturated rings. The highest BCUT2D eigenvalue weighted by molar-refractivity contribution is 5.90. The van der Waals surface area contributed by atoms with E-state index in [1.807, 2.05) is 31.2 Å². The van der Waals surface area contributed by atoms with Crippen LogP contribution in [0, 0.1) is 11.3 Å². The molecule has 1 aromatic heterocycles. The summed E-state index contributed by atoms with van der Waals surface area (Å²) in [6, 6.07) is 11.9. The van der Waals surface area contributed by atoms with E-state index in [9.17, 15) is 24.8 Å². The van der Waals surface area contributed by atoms with Gasteiger partial charge in [-0.25, -0.2) is 9.48 Å². The Labute approximate surface area is 186 Å². The number of carbonyl (C=O) groups excluding carboxylic acids is 1. The second-order valence-electron chi connectivity index (χ2n) is 8.00. The molecular weight excluding hydrogens is 410 g/mol. The molecule has 0 aliphatic heterocycles. The molecule has 1 aliphatic rings. The first kappa shape index (κ1) is 23.0. The first-order valence-corrected chi connectivity index (χ1v) is 10.8. The van der Waals surface area contributed by atoms with Crippen molar-refractivity contribution in [2.75, 3.05) is 0 Å². The molecule has 1 heterocycles. The average molecular weight is 438 g/mol. The molecule has 3 rings (SSSR count). The van der Waals surface area contributed by atoms with Gasteiger partial charge in [-0.3, -0.25) is 9.59 Å². The maximum Gasteiger partial charge on any atom is 0.405 e. The van der Waals surface area contributed by atoms with E-state index in [1.165, 1.54) is 10.7 Å². The van der Waals surface area contributed by atoms with E-state index in [1.54, 1.807) is 6.07 Å². The SMILES string of the molecule is CCn1nc(-c2ccc(CC(C#N)NC(=O)C3(NC(=O)O)CCCCC3)cc2)ccc1=O. The molecule has 1 saturated carbocycles. The van der Waals surface area contributed by atoms with Gasteiger partial charge in [0.05, 0.1) is 11.8 Å². The van der Waals surface area contributed by atoms with Crippen LogP contribution in [0.15, 0.2) is 41.2 Å². The molecule has 0 radical (unpaired) electrons. The zero-order valence-electron chi connectivity index (χ0n) is 18.0. The van der Waals surface area contributed by atoms with Gasteiger partial charge in [-0.15, -0.1) is 0 Å². The summed E-state index contributed by atoms with van der Waals surface area (Å²) in [5, 5.41) is 28.2. The van der Waals surface area contributed by atoms with Crippen molar-refractivity contribution >= 4 is 12.0 Å². The zero-order valence-corrected chi connectivity index (χ0v) is 18.0. The van der Waals surface area contributed by atoms with Crippen LogP contribution in [0.2, 0.25) is 0 Å². The number of aromatic nitrogens is 2. The van der Waals surface area contributed by atoms with Crippen LogP contribution in [-0.2, 0) is 17.8 Å². The number of aryl methyl sites for hydroxylation is 1. The summed E-state index contributed by atoms with van der Waals surface area (Å²) in [6.45, 7) is 2.33. The monoisotopic (exact) mass is 437 g/mol. The van der Waals surface area contributed by atoms with Crippen LogP contribution in [0.25, 0.3) is 11.3 Å². The van der Waals surface area contributed by atoms with Crippen LogP contribution in [0.4, 0.5) is 4.79 Å². The molecule has 0 bridgehead atoms. The topological polar surface area (TPSA) is 137 Å². The average Bonchev–Trinajstić information content (AvgIpc) is 2.79. The van der Waals surface area contributed by atoms with Crippen LogP contribution in [0.3, 0.4) is 0 Å². The van der Waals surface area contributed by atoms with Crippen molar-refractivity contribution in [1.29, 1.82) is 5.26 Å². The third-order valence-electron chi connectivity index (χ3n) is 5.80. The Balaban J connectivity index is 1.70.